The zero-order valence-corrected chi connectivity index (χ0v) is 36.4. The lowest BCUT2D eigenvalue weighted by Gasteiger charge is -2.40. The number of ether oxygens (including phenoxy) is 1. The van der Waals surface area contributed by atoms with Crippen LogP contribution >= 0.6 is 11.6 Å². The number of piperazine rings is 1. The Morgan fingerprint density at radius 3 is 2.32 bits per heavy atom. The number of hydrogen-bond donors (Lipinski definition) is 3. The fraction of sp³-hybridized carbons (Fsp3) is 0.467. The number of alkyl carbamates (subject to hydrolysis) is 1. The average molecular weight is 877 g/mol. The van der Waals surface area contributed by atoms with E-state index in [1.807, 2.05) is 25.7 Å². The number of carbonyl (C=O) groups is 4. The third-order valence-electron chi connectivity index (χ3n) is 12.4. The number of nitrogens with one attached hydrogen (secondary N) is 3. The van der Waals surface area contributed by atoms with E-state index in [2.05, 4.69) is 44.3 Å². The Labute approximate surface area is 363 Å². The first-order valence-corrected chi connectivity index (χ1v) is 21.3. The molecule has 0 spiro atoms. The van der Waals surface area contributed by atoms with Crippen LogP contribution in [0.4, 0.5) is 29.5 Å². The van der Waals surface area contributed by atoms with Crippen LogP contribution in [0.3, 0.4) is 0 Å². The molecule has 0 radical (unpaired) electrons. The largest absolute Gasteiger partial charge is 0.453 e. The Morgan fingerprint density at radius 2 is 1.71 bits per heavy atom. The van der Waals surface area contributed by atoms with Crippen LogP contribution in [0.1, 0.15) is 88.1 Å². The first-order valence-electron chi connectivity index (χ1n) is 20.9. The summed E-state index contributed by atoms with van der Waals surface area (Å²) in [5, 5.41) is 5.07. The smallest absolute Gasteiger partial charge is 0.417 e. The highest BCUT2D eigenvalue weighted by Crippen LogP contribution is 2.53. The van der Waals surface area contributed by atoms with Gasteiger partial charge in [-0.2, -0.15) is 13.2 Å². The van der Waals surface area contributed by atoms with Gasteiger partial charge in [-0.25, -0.2) is 14.8 Å². The topological polar surface area (TPSA) is 153 Å². The monoisotopic (exact) mass is 876 g/mol. The molecule has 330 valence electrons. The number of nitrogens with zero attached hydrogens (tertiary/aromatic N) is 5. The number of likely N-dealkylation sites (tertiary alicyclic amines) is 1. The fourth-order valence-electron chi connectivity index (χ4n) is 8.49. The Morgan fingerprint density at radius 1 is 1.00 bits per heavy atom. The molecule has 1 saturated carbocycles. The molecular formula is C45H52ClF3N8O5. The van der Waals surface area contributed by atoms with E-state index >= 15 is 0 Å². The number of pyridine rings is 1. The number of rotatable bonds is 11. The van der Waals surface area contributed by atoms with E-state index in [4.69, 9.17) is 16.3 Å². The molecule has 0 bridgehead atoms. The number of halogens is 4. The van der Waals surface area contributed by atoms with Gasteiger partial charge in [0.25, 0.3) is 5.91 Å². The number of alkyl halides is 3. The molecule has 2 aromatic carbocycles. The highest BCUT2D eigenvalue weighted by atomic mass is 35.5. The average Bonchev–Trinajstić information content (AvgIpc) is 3.61. The molecule has 2 aromatic heterocycles. The minimum Gasteiger partial charge on any atom is -0.453 e. The van der Waals surface area contributed by atoms with E-state index in [0.29, 0.717) is 67.8 Å². The van der Waals surface area contributed by atoms with Gasteiger partial charge in [-0.05, 0) is 84.4 Å². The van der Waals surface area contributed by atoms with E-state index < -0.39 is 29.8 Å². The predicted octanol–water partition coefficient (Wildman–Crippen LogP) is 8.58. The molecule has 7 rings (SSSR count). The number of hydrogen-bond acceptors (Lipinski definition) is 8. The molecule has 62 heavy (non-hydrogen) atoms. The predicted molar refractivity (Wildman–Crippen MR) is 229 cm³/mol. The molecule has 4 amide bonds. The number of anilines is 2. The lowest BCUT2D eigenvalue weighted by Crippen LogP contribution is -2.54. The van der Waals surface area contributed by atoms with Crippen molar-refractivity contribution in [2.24, 2.45) is 17.3 Å². The maximum absolute atomic E-state index is 14.6. The van der Waals surface area contributed by atoms with E-state index in [-0.39, 0.29) is 62.6 Å². The Kier molecular flexibility index (Phi) is 12.6. The zero-order valence-electron chi connectivity index (χ0n) is 35.6. The van der Waals surface area contributed by atoms with E-state index in [9.17, 15) is 32.3 Å². The van der Waals surface area contributed by atoms with Crippen LogP contribution in [0.25, 0.3) is 22.4 Å². The number of imidazole rings is 1. The van der Waals surface area contributed by atoms with Crippen molar-refractivity contribution in [2.75, 3.05) is 43.5 Å². The summed E-state index contributed by atoms with van der Waals surface area (Å²) in [5.74, 6) is 0.668. The van der Waals surface area contributed by atoms with Gasteiger partial charge in [0.15, 0.2) is 0 Å². The van der Waals surface area contributed by atoms with Crippen molar-refractivity contribution < 1.29 is 37.1 Å². The number of methoxy groups -OCH3 is 1. The van der Waals surface area contributed by atoms with Gasteiger partial charge in [0, 0.05) is 44.8 Å². The number of carbonyl (C=O) groups excluding carboxylic acids is 4. The molecule has 4 heterocycles. The number of amides is 4. The molecule has 17 heteroatoms. The number of aromatic amines is 1. The maximum Gasteiger partial charge on any atom is 0.417 e. The number of aromatic nitrogens is 3. The van der Waals surface area contributed by atoms with Gasteiger partial charge < -0.3 is 35.1 Å². The quantitative estimate of drug-likeness (QED) is 0.136. The molecular weight excluding hydrogens is 825 g/mol. The first-order chi connectivity index (χ1) is 29.3. The Balaban J connectivity index is 1.01. The lowest BCUT2D eigenvalue weighted by molar-refractivity contribution is -0.137. The second kappa shape index (κ2) is 17.6. The van der Waals surface area contributed by atoms with E-state index in [1.165, 1.54) is 19.4 Å². The third-order valence-corrected chi connectivity index (χ3v) is 12.7. The van der Waals surface area contributed by atoms with E-state index in [0.717, 1.165) is 18.9 Å². The van der Waals surface area contributed by atoms with E-state index in [1.54, 1.807) is 47.5 Å². The van der Waals surface area contributed by atoms with Gasteiger partial charge in [-0.15, -0.1) is 0 Å². The van der Waals surface area contributed by atoms with Crippen LogP contribution in [-0.2, 0) is 20.5 Å². The summed E-state index contributed by atoms with van der Waals surface area (Å²) in [5.41, 5.74) is 0.510. The fourth-order valence-corrected chi connectivity index (χ4v) is 8.70. The molecule has 3 aliphatic rings. The van der Waals surface area contributed by atoms with Gasteiger partial charge in [0.05, 0.1) is 46.9 Å². The highest BCUT2D eigenvalue weighted by Gasteiger charge is 2.47. The molecule has 1 aliphatic carbocycles. The number of benzene rings is 2. The minimum atomic E-state index is -4.79. The highest BCUT2D eigenvalue weighted by molar-refractivity contribution is 6.34. The van der Waals surface area contributed by atoms with Crippen molar-refractivity contribution in [3.63, 3.8) is 0 Å². The van der Waals surface area contributed by atoms with Crippen LogP contribution in [0.15, 0.2) is 60.9 Å². The zero-order chi connectivity index (χ0) is 44.7. The van der Waals surface area contributed by atoms with Gasteiger partial charge in [-0.1, -0.05) is 63.6 Å². The van der Waals surface area contributed by atoms with Crippen LogP contribution in [-0.4, -0.2) is 93.9 Å². The summed E-state index contributed by atoms with van der Waals surface area (Å²) in [6.07, 6.45) is 0.526. The Hall–Kier alpha value is -5.64. The van der Waals surface area contributed by atoms with Crippen LogP contribution in [0.5, 0.6) is 0 Å². The summed E-state index contributed by atoms with van der Waals surface area (Å²) in [4.78, 5) is 69.7. The second-order valence-electron chi connectivity index (χ2n) is 17.5. The SMILES string of the molecule is COC(=O)NC(C(=O)N1CCCC1c1ncc(-c2ccc(-c3cc(Cl)c(NC(=O)c4ccc(N5CCN(C(=O)CC6CC6(C)C)CC5C)nc4)cc3C(F)(F)F)cc2)[nH]1)C(C)C. The molecule has 2 aliphatic heterocycles. The second-order valence-corrected chi connectivity index (χ2v) is 17.9. The van der Waals surface area contributed by atoms with Crippen molar-refractivity contribution >= 4 is 46.9 Å². The van der Waals surface area contributed by atoms with Gasteiger partial charge >= 0.3 is 12.3 Å². The number of H-pyrrole nitrogens is 1. The molecule has 4 aromatic rings. The van der Waals surface area contributed by atoms with Crippen LogP contribution in [0.2, 0.25) is 5.02 Å². The molecule has 3 fully saturated rings. The summed E-state index contributed by atoms with van der Waals surface area (Å²) < 4.78 is 48.6. The molecule has 4 unspecified atom stereocenters. The molecule has 13 nitrogen and oxygen atoms in total. The lowest BCUT2D eigenvalue weighted by atomic mass is 9.97. The van der Waals surface area contributed by atoms with Gasteiger partial charge in [-0.3, -0.25) is 14.4 Å². The molecule has 4 atom stereocenters. The minimum absolute atomic E-state index is 0.00536. The summed E-state index contributed by atoms with van der Waals surface area (Å²) in [6, 6.07) is 10.5. The third kappa shape index (κ3) is 9.54. The van der Waals surface area contributed by atoms with Crippen molar-refractivity contribution in [3.8, 4) is 22.4 Å². The van der Waals surface area contributed by atoms with Crippen molar-refractivity contribution in [1.29, 1.82) is 0 Å². The standard InChI is InChI=1S/C45H52ClF3N8O5/c1-25(2)39(54-43(61)62-6)42(60)57-15-7-8-36(57)40-51-23-35(52-40)28-11-9-27(10-12-28)31-19-33(46)34(20-32(31)45(47,48)49)53-41(59)29-13-14-37(50-22-29)56-17-16-55(24-26(56)3)38(58)18-30-21-44(30,4)5/h9-14,19-20,22-23,25-26,30,36,39H,7-8,15-18,21,24H2,1-6H3,(H,51,52)(H,53,59)(H,54,61). The van der Waals surface area contributed by atoms with Crippen LogP contribution < -0.4 is 15.5 Å². The Bertz CT molecular complexity index is 2320. The molecule has 3 N–H and O–H groups in total. The normalized spacial score (nSPS) is 20.2. The van der Waals surface area contributed by atoms with Crippen molar-refractivity contribution in [3.05, 3.63) is 82.9 Å². The maximum atomic E-state index is 14.6. The van der Waals surface area contributed by atoms with Crippen molar-refractivity contribution in [1.82, 2.24) is 30.1 Å². The summed E-state index contributed by atoms with van der Waals surface area (Å²) >= 11 is 6.55. The van der Waals surface area contributed by atoms with Gasteiger partial charge in [0.2, 0.25) is 11.8 Å². The van der Waals surface area contributed by atoms with Crippen LogP contribution in [0, 0.1) is 17.3 Å². The molecule has 2 saturated heterocycles. The first kappa shape index (κ1) is 44.4. The summed E-state index contributed by atoms with van der Waals surface area (Å²) in [7, 11) is 1.24. The van der Waals surface area contributed by atoms with Gasteiger partial charge in [0.1, 0.15) is 17.7 Å². The van der Waals surface area contributed by atoms with Crippen molar-refractivity contribution in [2.45, 2.75) is 84.6 Å². The summed E-state index contributed by atoms with van der Waals surface area (Å²) in [6.45, 7) is 12.2.